The fourth-order valence-corrected chi connectivity index (χ4v) is 5.40. The van der Waals surface area contributed by atoms with Crippen LogP contribution in [0.2, 0.25) is 0 Å². The van der Waals surface area contributed by atoms with Crippen LogP contribution in [0.1, 0.15) is 88.8 Å². The standard InChI is InChI=1S/C24H36N2O4S/c1-16(27)17-8-9-18-15-24(20(19(18)14-17)25-31(29)23(5,6)7)10-12-26(13-11-24)21(28)30-22(2,3)4/h8-9,14,20,25H,10-13,15H2,1-7H3/t20-,31?/m1/s1. The van der Waals surface area contributed by atoms with Crippen molar-refractivity contribution in [2.45, 2.75) is 84.1 Å². The van der Waals surface area contributed by atoms with Gasteiger partial charge in [-0.05, 0) is 84.9 Å². The van der Waals surface area contributed by atoms with E-state index in [1.54, 1.807) is 11.8 Å². The van der Waals surface area contributed by atoms with Gasteiger partial charge in [-0.2, -0.15) is 0 Å². The van der Waals surface area contributed by atoms with Gasteiger partial charge < -0.3 is 14.2 Å². The fraction of sp³-hybridized carbons (Fsp3) is 0.667. The van der Waals surface area contributed by atoms with Crippen molar-refractivity contribution >= 4 is 23.2 Å². The van der Waals surface area contributed by atoms with Gasteiger partial charge in [-0.3, -0.25) is 4.79 Å². The number of nitrogens with one attached hydrogen (secondary N) is 1. The summed E-state index contributed by atoms with van der Waals surface area (Å²) in [5.74, 6) is 0.0270. The number of rotatable bonds is 3. The molecule has 2 aliphatic rings. The molecule has 1 aromatic rings. The molecule has 172 valence electrons. The van der Waals surface area contributed by atoms with E-state index < -0.39 is 21.7 Å². The smallest absolute Gasteiger partial charge is 0.410 e. The van der Waals surface area contributed by atoms with Crippen molar-refractivity contribution in [3.63, 3.8) is 0 Å². The second-order valence-electron chi connectivity index (χ2n) is 10.9. The summed E-state index contributed by atoms with van der Waals surface area (Å²) in [6.45, 7) is 14.3. The number of likely N-dealkylation sites (tertiary alicyclic amines) is 1. The van der Waals surface area contributed by atoms with Crippen LogP contribution in [0.4, 0.5) is 4.79 Å². The zero-order valence-electron chi connectivity index (χ0n) is 19.8. The Labute approximate surface area is 189 Å². The topological polar surface area (TPSA) is 81.7 Å². The van der Waals surface area contributed by atoms with Crippen LogP contribution in [0.3, 0.4) is 0 Å². The predicted molar refractivity (Wildman–Crippen MR) is 123 cm³/mol. The normalized spacial score (nSPS) is 21.7. The summed E-state index contributed by atoms with van der Waals surface area (Å²) in [5, 5.41) is 0. The molecule has 0 bridgehead atoms. The van der Waals surface area contributed by atoms with E-state index in [-0.39, 0.29) is 23.3 Å². The lowest BCUT2D eigenvalue weighted by Crippen LogP contribution is -2.51. The molecule has 31 heavy (non-hydrogen) atoms. The minimum Gasteiger partial charge on any atom is -0.598 e. The van der Waals surface area contributed by atoms with Gasteiger partial charge >= 0.3 is 6.09 Å². The van der Waals surface area contributed by atoms with Crippen molar-refractivity contribution in [3.8, 4) is 0 Å². The number of carbonyl (C=O) groups excluding carboxylic acids is 2. The molecule has 1 spiro atoms. The maximum Gasteiger partial charge on any atom is 0.410 e. The molecule has 1 fully saturated rings. The third-order valence-electron chi connectivity index (χ3n) is 6.21. The maximum atomic E-state index is 13.1. The molecule has 0 aromatic heterocycles. The summed E-state index contributed by atoms with van der Waals surface area (Å²) in [7, 11) is 0. The van der Waals surface area contributed by atoms with E-state index in [1.165, 1.54) is 5.56 Å². The Morgan fingerprint density at radius 1 is 1.16 bits per heavy atom. The summed E-state index contributed by atoms with van der Waals surface area (Å²) in [6.07, 6.45) is 2.14. The largest absolute Gasteiger partial charge is 0.598 e. The van der Waals surface area contributed by atoms with Gasteiger partial charge in [-0.1, -0.05) is 12.1 Å². The summed E-state index contributed by atoms with van der Waals surface area (Å²) < 4.78 is 21.6. The Hall–Kier alpha value is -1.57. The number of hydrogen-bond donors (Lipinski definition) is 1. The van der Waals surface area contributed by atoms with E-state index in [1.807, 2.05) is 59.7 Å². The van der Waals surface area contributed by atoms with E-state index in [2.05, 4.69) is 4.72 Å². The average Bonchev–Trinajstić information content (AvgIpc) is 2.92. The SMILES string of the molecule is CC(=O)c1ccc2c(c1)[C@@H](N[S+]([O-])C(C)(C)C)C1(CCN(C(=O)OC(C)(C)C)CC1)C2. The average molecular weight is 449 g/mol. The molecule has 1 N–H and O–H groups in total. The van der Waals surface area contributed by atoms with Gasteiger partial charge in [0.05, 0.1) is 6.04 Å². The molecular weight excluding hydrogens is 412 g/mol. The van der Waals surface area contributed by atoms with E-state index in [9.17, 15) is 14.1 Å². The molecule has 0 saturated carbocycles. The van der Waals surface area contributed by atoms with Crippen molar-refractivity contribution in [1.29, 1.82) is 0 Å². The van der Waals surface area contributed by atoms with Gasteiger partial charge in [0.25, 0.3) is 0 Å². The summed E-state index contributed by atoms with van der Waals surface area (Å²) in [5.41, 5.74) is 2.27. The van der Waals surface area contributed by atoms with Gasteiger partial charge in [0.1, 0.15) is 10.3 Å². The van der Waals surface area contributed by atoms with Crippen LogP contribution < -0.4 is 4.72 Å². The first-order valence-electron chi connectivity index (χ1n) is 11.0. The van der Waals surface area contributed by atoms with Crippen molar-refractivity contribution in [1.82, 2.24) is 9.62 Å². The molecule has 1 unspecified atom stereocenters. The first-order valence-corrected chi connectivity index (χ1v) is 12.2. The number of nitrogens with zero attached hydrogens (tertiary/aromatic N) is 1. The minimum absolute atomic E-state index is 0.0270. The van der Waals surface area contributed by atoms with Crippen LogP contribution in [-0.4, -0.2) is 44.8 Å². The number of ketones is 1. The molecular formula is C24H36N2O4S. The highest BCUT2D eigenvalue weighted by atomic mass is 32.2. The van der Waals surface area contributed by atoms with Crippen molar-refractivity contribution in [2.24, 2.45) is 5.41 Å². The summed E-state index contributed by atoms with van der Waals surface area (Å²) >= 11 is -1.25. The van der Waals surface area contributed by atoms with Crippen molar-refractivity contribution in [2.75, 3.05) is 13.1 Å². The molecule has 2 atom stereocenters. The quantitative estimate of drug-likeness (QED) is 0.542. The number of piperidine rings is 1. The monoisotopic (exact) mass is 448 g/mol. The van der Waals surface area contributed by atoms with Crippen LogP contribution in [0.15, 0.2) is 18.2 Å². The molecule has 1 saturated heterocycles. The molecule has 1 aliphatic carbocycles. The molecule has 1 amide bonds. The Morgan fingerprint density at radius 2 is 1.77 bits per heavy atom. The van der Waals surface area contributed by atoms with Gasteiger partial charge in [-0.25, -0.2) is 4.79 Å². The molecule has 1 aliphatic heterocycles. The van der Waals surface area contributed by atoms with E-state index in [0.717, 1.165) is 24.8 Å². The zero-order valence-corrected chi connectivity index (χ0v) is 20.6. The number of fused-ring (bicyclic) bond motifs is 1. The lowest BCUT2D eigenvalue weighted by Gasteiger charge is -2.43. The Bertz CT molecular complexity index is 848. The molecule has 0 radical (unpaired) electrons. The lowest BCUT2D eigenvalue weighted by molar-refractivity contribution is 0.00715. The highest BCUT2D eigenvalue weighted by molar-refractivity contribution is 7.90. The lowest BCUT2D eigenvalue weighted by atomic mass is 9.73. The summed E-state index contributed by atoms with van der Waals surface area (Å²) in [6, 6.07) is 5.76. The fourth-order valence-electron chi connectivity index (χ4n) is 4.45. The first-order chi connectivity index (χ1) is 14.2. The van der Waals surface area contributed by atoms with Gasteiger partial charge in [0.15, 0.2) is 5.78 Å². The highest BCUT2D eigenvalue weighted by Gasteiger charge is 2.51. The molecule has 6 nitrogen and oxygen atoms in total. The van der Waals surface area contributed by atoms with Crippen LogP contribution >= 0.6 is 0 Å². The zero-order chi connectivity index (χ0) is 23.2. The molecule has 3 rings (SSSR count). The van der Waals surface area contributed by atoms with Crippen LogP contribution in [-0.2, 0) is 22.5 Å². The third-order valence-corrected chi connectivity index (χ3v) is 7.77. The number of amides is 1. The van der Waals surface area contributed by atoms with Crippen LogP contribution in [0.25, 0.3) is 0 Å². The first kappa shape index (κ1) is 24.1. The van der Waals surface area contributed by atoms with Gasteiger partial charge in [0, 0.05) is 35.4 Å². The second-order valence-corrected chi connectivity index (χ2v) is 12.9. The van der Waals surface area contributed by atoms with E-state index in [4.69, 9.17) is 4.74 Å². The molecule has 1 heterocycles. The number of carbonyl (C=O) groups is 2. The number of hydrogen-bond acceptors (Lipinski definition) is 5. The maximum absolute atomic E-state index is 13.1. The minimum atomic E-state index is -1.25. The Balaban J connectivity index is 1.87. The molecule has 7 heteroatoms. The Kier molecular flexibility index (Phi) is 6.53. The van der Waals surface area contributed by atoms with E-state index in [0.29, 0.717) is 18.7 Å². The predicted octanol–water partition coefficient (Wildman–Crippen LogP) is 4.56. The van der Waals surface area contributed by atoms with Gasteiger partial charge in [-0.15, -0.1) is 4.72 Å². The number of Topliss-reactive ketones (excluding diaryl/α,β-unsaturated/α-hetero) is 1. The summed E-state index contributed by atoms with van der Waals surface area (Å²) in [4.78, 5) is 26.3. The van der Waals surface area contributed by atoms with Gasteiger partial charge in [0.2, 0.25) is 0 Å². The van der Waals surface area contributed by atoms with Crippen molar-refractivity contribution in [3.05, 3.63) is 34.9 Å². The second kappa shape index (κ2) is 8.41. The number of benzene rings is 1. The van der Waals surface area contributed by atoms with Crippen LogP contribution in [0, 0.1) is 5.41 Å². The van der Waals surface area contributed by atoms with E-state index >= 15 is 0 Å². The Morgan fingerprint density at radius 3 is 2.29 bits per heavy atom. The third kappa shape index (κ3) is 5.26. The van der Waals surface area contributed by atoms with Crippen LogP contribution in [0.5, 0.6) is 0 Å². The highest BCUT2D eigenvalue weighted by Crippen LogP contribution is 2.53. The number of ether oxygens (including phenoxy) is 1. The molecule has 1 aromatic carbocycles. The van der Waals surface area contributed by atoms with Crippen molar-refractivity contribution < 1.29 is 18.9 Å².